The number of carbonyl (C=O) groups is 2. The molecule has 0 saturated heterocycles. The molecule has 0 radical (unpaired) electrons. The van der Waals surface area contributed by atoms with Crippen LogP contribution in [0.3, 0.4) is 0 Å². The quantitative estimate of drug-likeness (QED) is 0.540. The van der Waals surface area contributed by atoms with Gasteiger partial charge in [-0.2, -0.15) is 0 Å². The van der Waals surface area contributed by atoms with Gasteiger partial charge in [0.25, 0.3) is 0 Å². The monoisotopic (exact) mass is 477 g/mol. The van der Waals surface area contributed by atoms with Crippen LogP contribution in [0.4, 0.5) is 5.69 Å². The van der Waals surface area contributed by atoms with Crippen LogP contribution in [-0.2, 0) is 19.6 Å². The third-order valence-electron chi connectivity index (χ3n) is 5.72. The Morgan fingerprint density at radius 2 is 1.62 bits per heavy atom. The second kappa shape index (κ2) is 10.9. The maximum atomic E-state index is 12.6. The molecule has 2 aromatic carbocycles. The molecule has 3 rings (SSSR count). The number of sulfonamides is 1. The van der Waals surface area contributed by atoms with Gasteiger partial charge in [-0.25, -0.2) is 13.1 Å². The van der Waals surface area contributed by atoms with Gasteiger partial charge in [0, 0.05) is 12.5 Å². The zero-order chi connectivity index (χ0) is 23.1. The second-order valence-corrected chi connectivity index (χ2v) is 10.3. The molecule has 172 valence electrons. The molecule has 2 aromatic rings. The lowest BCUT2D eigenvalue weighted by Crippen LogP contribution is -2.45. The van der Waals surface area contributed by atoms with Crippen molar-refractivity contribution < 1.29 is 18.0 Å². The molecule has 0 spiro atoms. The van der Waals surface area contributed by atoms with Crippen LogP contribution < -0.4 is 15.4 Å². The summed E-state index contributed by atoms with van der Waals surface area (Å²) in [5.41, 5.74) is 0.499. The van der Waals surface area contributed by atoms with E-state index < -0.39 is 16.1 Å². The van der Waals surface area contributed by atoms with Gasteiger partial charge in [0.1, 0.15) is 6.04 Å². The van der Waals surface area contributed by atoms with Crippen LogP contribution in [0.25, 0.3) is 0 Å². The van der Waals surface area contributed by atoms with Crippen molar-refractivity contribution in [1.82, 2.24) is 10.0 Å². The number of carbonyl (C=O) groups excluding carboxylic acids is 2. The van der Waals surface area contributed by atoms with Gasteiger partial charge in [0.15, 0.2) is 0 Å². The Morgan fingerprint density at radius 3 is 2.28 bits per heavy atom. The van der Waals surface area contributed by atoms with Gasteiger partial charge in [0.2, 0.25) is 21.8 Å². The number of hydrogen-bond acceptors (Lipinski definition) is 4. The molecule has 1 saturated carbocycles. The molecular weight excluding hydrogens is 450 g/mol. The molecule has 1 aliphatic rings. The summed E-state index contributed by atoms with van der Waals surface area (Å²) in [6.07, 6.45) is 2.80. The number of halogens is 1. The van der Waals surface area contributed by atoms with E-state index in [2.05, 4.69) is 15.4 Å². The predicted octanol–water partition coefficient (Wildman–Crippen LogP) is 3.57. The fraction of sp³-hybridized carbons (Fsp3) is 0.391. The summed E-state index contributed by atoms with van der Waals surface area (Å²) in [5, 5.41) is 5.93. The molecule has 32 heavy (non-hydrogen) atoms. The van der Waals surface area contributed by atoms with Gasteiger partial charge in [-0.15, -0.1) is 0 Å². The van der Waals surface area contributed by atoms with E-state index in [1.54, 1.807) is 61.5 Å². The highest BCUT2D eigenvalue weighted by Crippen LogP contribution is 2.29. The molecule has 0 aliphatic heterocycles. The molecule has 0 bridgehead atoms. The molecule has 7 nitrogen and oxygen atoms in total. The minimum atomic E-state index is -3.53. The van der Waals surface area contributed by atoms with E-state index in [9.17, 15) is 18.0 Å². The Kier molecular flexibility index (Phi) is 8.28. The first-order valence-electron chi connectivity index (χ1n) is 10.7. The summed E-state index contributed by atoms with van der Waals surface area (Å²) in [7, 11) is -3.53. The van der Waals surface area contributed by atoms with E-state index in [1.807, 2.05) is 0 Å². The molecule has 0 aromatic heterocycles. The highest BCUT2D eigenvalue weighted by atomic mass is 35.5. The SMILES string of the molecule is CC(NC(=O)C1CCC(CNS(=O)(=O)c2ccccc2)CC1)C(=O)Nc1ccccc1Cl. The third kappa shape index (κ3) is 6.54. The van der Waals surface area contributed by atoms with Gasteiger partial charge in [-0.1, -0.05) is 41.9 Å². The standard InChI is InChI=1S/C23H28ClN3O4S/c1-16(22(28)27-21-10-6-5-9-20(21)24)26-23(29)18-13-11-17(12-14-18)15-25-32(30,31)19-7-3-2-4-8-19/h2-10,16-18,25H,11-15H2,1H3,(H,26,29)(H,27,28). The molecule has 1 aliphatic carbocycles. The molecular formula is C23H28ClN3O4S. The molecule has 9 heteroatoms. The Hall–Kier alpha value is -2.42. The number of nitrogens with one attached hydrogen (secondary N) is 3. The summed E-state index contributed by atoms with van der Waals surface area (Å²) < 4.78 is 27.4. The van der Waals surface area contributed by atoms with Crippen LogP contribution in [0.15, 0.2) is 59.5 Å². The van der Waals surface area contributed by atoms with Crippen molar-refractivity contribution in [2.24, 2.45) is 11.8 Å². The lowest BCUT2D eigenvalue weighted by atomic mass is 9.81. The molecule has 2 amide bonds. The van der Waals surface area contributed by atoms with E-state index in [0.29, 0.717) is 30.1 Å². The molecule has 3 N–H and O–H groups in total. The van der Waals surface area contributed by atoms with E-state index in [4.69, 9.17) is 11.6 Å². The molecule has 1 fully saturated rings. The lowest BCUT2D eigenvalue weighted by molar-refractivity contribution is -0.129. The number of rotatable bonds is 8. The van der Waals surface area contributed by atoms with Crippen LogP contribution in [-0.4, -0.2) is 32.8 Å². The normalized spacial score (nSPS) is 19.7. The molecule has 1 atom stereocenters. The minimum absolute atomic E-state index is 0.157. The Bertz CT molecular complexity index is 1040. The van der Waals surface area contributed by atoms with Gasteiger partial charge in [-0.3, -0.25) is 9.59 Å². The first-order valence-corrected chi connectivity index (χ1v) is 12.5. The van der Waals surface area contributed by atoms with Crippen molar-refractivity contribution in [2.75, 3.05) is 11.9 Å². The fourth-order valence-corrected chi connectivity index (χ4v) is 5.06. The fourth-order valence-electron chi connectivity index (χ4n) is 3.74. The third-order valence-corrected chi connectivity index (χ3v) is 7.49. The van der Waals surface area contributed by atoms with Crippen LogP contribution in [0.2, 0.25) is 5.02 Å². The van der Waals surface area contributed by atoms with Gasteiger partial charge in [-0.05, 0) is 62.8 Å². The predicted molar refractivity (Wildman–Crippen MR) is 125 cm³/mol. The van der Waals surface area contributed by atoms with Crippen molar-refractivity contribution in [2.45, 2.75) is 43.5 Å². The summed E-state index contributed by atoms with van der Waals surface area (Å²) in [5.74, 6) is -0.503. The Balaban J connectivity index is 1.43. The number of benzene rings is 2. The number of amides is 2. The van der Waals surface area contributed by atoms with Crippen molar-refractivity contribution in [1.29, 1.82) is 0 Å². The van der Waals surface area contributed by atoms with Gasteiger partial charge in [0.05, 0.1) is 15.6 Å². The maximum Gasteiger partial charge on any atom is 0.246 e. The average Bonchev–Trinajstić information content (AvgIpc) is 2.80. The number of hydrogen-bond donors (Lipinski definition) is 3. The highest BCUT2D eigenvalue weighted by Gasteiger charge is 2.29. The van der Waals surface area contributed by atoms with E-state index >= 15 is 0 Å². The zero-order valence-electron chi connectivity index (χ0n) is 17.9. The van der Waals surface area contributed by atoms with E-state index in [1.165, 1.54) is 0 Å². The Labute approximate surface area is 194 Å². The zero-order valence-corrected chi connectivity index (χ0v) is 19.5. The van der Waals surface area contributed by atoms with Gasteiger partial charge < -0.3 is 10.6 Å². The highest BCUT2D eigenvalue weighted by molar-refractivity contribution is 7.89. The van der Waals surface area contributed by atoms with Crippen molar-refractivity contribution in [3.63, 3.8) is 0 Å². The maximum absolute atomic E-state index is 12.6. The van der Waals surface area contributed by atoms with Crippen LogP contribution >= 0.6 is 11.6 Å². The van der Waals surface area contributed by atoms with E-state index in [-0.39, 0.29) is 28.5 Å². The van der Waals surface area contributed by atoms with Crippen molar-refractivity contribution in [3.05, 3.63) is 59.6 Å². The summed E-state index contributed by atoms with van der Waals surface area (Å²) in [6.45, 7) is 1.98. The van der Waals surface area contributed by atoms with Crippen LogP contribution in [0, 0.1) is 11.8 Å². The first-order chi connectivity index (χ1) is 15.3. The summed E-state index contributed by atoms with van der Waals surface area (Å²) >= 11 is 6.06. The molecule has 1 unspecified atom stereocenters. The molecule has 0 heterocycles. The first kappa shape index (κ1) is 24.2. The largest absolute Gasteiger partial charge is 0.344 e. The van der Waals surface area contributed by atoms with Crippen molar-refractivity contribution in [3.8, 4) is 0 Å². The van der Waals surface area contributed by atoms with Gasteiger partial charge >= 0.3 is 0 Å². The lowest BCUT2D eigenvalue weighted by Gasteiger charge is -2.28. The Morgan fingerprint density at radius 1 is 1.00 bits per heavy atom. The number of para-hydroxylation sites is 1. The smallest absolute Gasteiger partial charge is 0.246 e. The van der Waals surface area contributed by atoms with Crippen LogP contribution in [0.5, 0.6) is 0 Å². The summed E-state index contributed by atoms with van der Waals surface area (Å²) in [4.78, 5) is 25.2. The minimum Gasteiger partial charge on any atom is -0.344 e. The second-order valence-electron chi connectivity index (χ2n) is 8.08. The number of anilines is 1. The van der Waals surface area contributed by atoms with E-state index in [0.717, 1.165) is 12.8 Å². The van der Waals surface area contributed by atoms with Crippen LogP contribution in [0.1, 0.15) is 32.6 Å². The topological polar surface area (TPSA) is 104 Å². The summed E-state index contributed by atoms with van der Waals surface area (Å²) in [6, 6.07) is 14.5. The average molecular weight is 478 g/mol. The van der Waals surface area contributed by atoms with Crippen molar-refractivity contribution >= 4 is 39.1 Å².